The van der Waals surface area contributed by atoms with E-state index in [9.17, 15) is 18.4 Å². The van der Waals surface area contributed by atoms with Gasteiger partial charge in [0.25, 0.3) is 0 Å². The molecule has 3 aliphatic rings. The number of rotatable bonds is 7. The zero-order chi connectivity index (χ0) is 31.6. The Labute approximate surface area is 260 Å². The summed E-state index contributed by atoms with van der Waals surface area (Å²) in [4.78, 5) is 21.3. The molecule has 13 heteroatoms. The Bertz CT molecular complexity index is 1530. The normalized spacial score (nSPS) is 20.3. The highest BCUT2D eigenvalue weighted by molar-refractivity contribution is 5.68. The number of nitriles is 1. The van der Waals surface area contributed by atoms with Crippen LogP contribution in [0.15, 0.2) is 48.7 Å². The molecule has 3 aromatic rings. The SMILES string of the molecule is COc1cc(Nc2ncc(C(F)(F)F)c(N3OCCC3c3cccc(C#N)c3)n2)ccc1N1CCC(N2CCN(C)CC2)CC1. The molecule has 2 aromatic carbocycles. The summed E-state index contributed by atoms with van der Waals surface area (Å²) in [6.45, 7) is 6.47. The molecule has 1 unspecified atom stereocenters. The molecule has 3 fully saturated rings. The fourth-order valence-corrected chi connectivity index (χ4v) is 6.40. The van der Waals surface area contributed by atoms with Gasteiger partial charge in [0, 0.05) is 69.7 Å². The lowest BCUT2D eigenvalue weighted by Gasteiger charge is -2.42. The van der Waals surface area contributed by atoms with Crippen molar-refractivity contribution < 1.29 is 22.7 Å². The van der Waals surface area contributed by atoms with E-state index < -0.39 is 23.6 Å². The number of piperidine rings is 1. The predicted octanol–water partition coefficient (Wildman–Crippen LogP) is 5.22. The Morgan fingerprint density at radius 3 is 2.51 bits per heavy atom. The van der Waals surface area contributed by atoms with Gasteiger partial charge in [0.05, 0.1) is 37.1 Å². The van der Waals surface area contributed by atoms with Crippen LogP contribution >= 0.6 is 0 Å². The number of ether oxygens (including phenoxy) is 1. The van der Waals surface area contributed by atoms with E-state index >= 15 is 0 Å². The van der Waals surface area contributed by atoms with E-state index in [4.69, 9.17) is 9.57 Å². The number of methoxy groups -OCH3 is 1. The molecule has 0 bridgehead atoms. The number of nitrogens with one attached hydrogen (secondary N) is 1. The lowest BCUT2D eigenvalue weighted by molar-refractivity contribution is -0.138. The van der Waals surface area contributed by atoms with Gasteiger partial charge in [-0.3, -0.25) is 9.74 Å². The molecule has 1 aromatic heterocycles. The second-order valence-electron chi connectivity index (χ2n) is 11.7. The van der Waals surface area contributed by atoms with E-state index in [0.29, 0.717) is 35.0 Å². The van der Waals surface area contributed by atoms with Crippen molar-refractivity contribution in [3.8, 4) is 11.8 Å². The van der Waals surface area contributed by atoms with Crippen molar-refractivity contribution in [1.29, 1.82) is 5.26 Å². The van der Waals surface area contributed by atoms with Crippen molar-refractivity contribution in [2.45, 2.75) is 37.5 Å². The van der Waals surface area contributed by atoms with Crippen LogP contribution in [0.4, 0.5) is 36.3 Å². The third kappa shape index (κ3) is 6.78. The molecule has 0 spiro atoms. The fraction of sp³-hybridized carbons (Fsp3) is 0.469. The zero-order valence-electron chi connectivity index (χ0n) is 25.4. The first-order valence-electron chi connectivity index (χ1n) is 15.2. The number of benzene rings is 2. The minimum Gasteiger partial charge on any atom is -0.495 e. The molecular formula is C32H37F3N8O2. The van der Waals surface area contributed by atoms with Gasteiger partial charge in [-0.1, -0.05) is 12.1 Å². The van der Waals surface area contributed by atoms with Crippen LogP contribution in [0, 0.1) is 11.3 Å². The average molecular weight is 623 g/mol. The lowest BCUT2D eigenvalue weighted by atomic mass is 10.0. The number of halogens is 3. The molecule has 0 saturated carbocycles. The lowest BCUT2D eigenvalue weighted by Crippen LogP contribution is -2.52. The molecule has 0 radical (unpaired) electrons. The van der Waals surface area contributed by atoms with Crippen LogP contribution in [0.2, 0.25) is 0 Å². The van der Waals surface area contributed by atoms with Crippen LogP contribution in [0.1, 0.15) is 42.0 Å². The smallest absolute Gasteiger partial charge is 0.421 e. The van der Waals surface area contributed by atoms with Crippen LogP contribution in [-0.4, -0.2) is 85.8 Å². The Hall–Kier alpha value is -4.12. The zero-order valence-corrected chi connectivity index (χ0v) is 25.4. The van der Waals surface area contributed by atoms with Gasteiger partial charge in [-0.15, -0.1) is 0 Å². The number of likely N-dealkylation sites (N-methyl/N-ethyl adjacent to an activating group) is 1. The quantitative estimate of drug-likeness (QED) is 0.378. The first-order valence-corrected chi connectivity index (χ1v) is 15.2. The van der Waals surface area contributed by atoms with Crippen molar-refractivity contribution in [2.24, 2.45) is 0 Å². The van der Waals surface area contributed by atoms with Crippen LogP contribution in [0.3, 0.4) is 0 Å². The number of anilines is 4. The first kappa shape index (κ1) is 30.9. The molecule has 1 N–H and O–H groups in total. The minimum absolute atomic E-state index is 0.0131. The highest BCUT2D eigenvalue weighted by Gasteiger charge is 2.41. The van der Waals surface area contributed by atoms with Gasteiger partial charge < -0.3 is 19.9 Å². The van der Waals surface area contributed by atoms with Gasteiger partial charge in [-0.25, -0.2) is 10.0 Å². The van der Waals surface area contributed by atoms with Crippen molar-refractivity contribution >= 4 is 23.1 Å². The highest BCUT2D eigenvalue weighted by Crippen LogP contribution is 2.42. The molecule has 0 aliphatic carbocycles. The Morgan fingerprint density at radius 1 is 1.02 bits per heavy atom. The Balaban J connectivity index is 1.20. The summed E-state index contributed by atoms with van der Waals surface area (Å²) in [5.74, 6) is 0.253. The first-order chi connectivity index (χ1) is 21.7. The summed E-state index contributed by atoms with van der Waals surface area (Å²) in [5.41, 5.74) is 1.62. The van der Waals surface area contributed by atoms with Gasteiger partial charge in [0.2, 0.25) is 5.95 Å². The summed E-state index contributed by atoms with van der Waals surface area (Å²) in [7, 11) is 3.78. The number of nitrogens with zero attached hydrogens (tertiary/aromatic N) is 7. The maximum atomic E-state index is 14.1. The standard InChI is InChI=1S/C32H37F3N8O2/c1-40-13-15-41(16-14-40)25-8-11-42(12-9-25)28-7-6-24(19-29(28)44-2)38-31-37-21-26(32(33,34)35)30(39-31)43-27(10-17-45-43)23-5-3-4-22(18-23)20-36/h3-7,18-19,21,25,27H,8-17H2,1-2H3,(H,37,38,39). The van der Waals surface area contributed by atoms with Gasteiger partial charge in [0.15, 0.2) is 5.82 Å². The van der Waals surface area contributed by atoms with Crippen molar-refractivity contribution in [3.05, 3.63) is 65.4 Å². The van der Waals surface area contributed by atoms with E-state index in [-0.39, 0.29) is 12.6 Å². The van der Waals surface area contributed by atoms with E-state index in [0.717, 1.165) is 64.0 Å². The van der Waals surface area contributed by atoms with Crippen molar-refractivity contribution in [3.63, 3.8) is 0 Å². The molecule has 1 atom stereocenters. The Morgan fingerprint density at radius 2 is 1.80 bits per heavy atom. The van der Waals surface area contributed by atoms with Crippen molar-refractivity contribution in [1.82, 2.24) is 19.8 Å². The van der Waals surface area contributed by atoms with E-state index in [1.165, 1.54) is 5.06 Å². The van der Waals surface area contributed by atoms with Crippen LogP contribution in [0.25, 0.3) is 0 Å². The molecule has 0 amide bonds. The molecular weight excluding hydrogens is 585 g/mol. The molecule has 45 heavy (non-hydrogen) atoms. The number of alkyl halides is 3. The largest absolute Gasteiger partial charge is 0.495 e. The monoisotopic (exact) mass is 622 g/mol. The Kier molecular flexibility index (Phi) is 8.98. The molecule has 4 heterocycles. The molecule has 238 valence electrons. The second kappa shape index (κ2) is 13.1. The number of hydroxylamine groups is 1. The number of aromatic nitrogens is 2. The minimum atomic E-state index is -4.71. The summed E-state index contributed by atoms with van der Waals surface area (Å²) >= 11 is 0. The molecule has 10 nitrogen and oxygen atoms in total. The van der Waals surface area contributed by atoms with E-state index in [2.05, 4.69) is 43.1 Å². The van der Waals surface area contributed by atoms with Crippen LogP contribution < -0.4 is 20.0 Å². The number of hydrogen-bond acceptors (Lipinski definition) is 10. The second-order valence-corrected chi connectivity index (χ2v) is 11.7. The van der Waals surface area contributed by atoms with E-state index in [1.54, 1.807) is 31.4 Å². The third-order valence-electron chi connectivity index (χ3n) is 8.88. The van der Waals surface area contributed by atoms with Gasteiger partial charge in [0.1, 0.15) is 11.3 Å². The van der Waals surface area contributed by atoms with Gasteiger partial charge in [-0.05, 0) is 49.7 Å². The van der Waals surface area contributed by atoms with Crippen molar-refractivity contribution in [2.75, 3.05) is 75.3 Å². The summed E-state index contributed by atoms with van der Waals surface area (Å²) in [6.07, 6.45) is -1.35. The fourth-order valence-electron chi connectivity index (χ4n) is 6.40. The maximum absolute atomic E-state index is 14.1. The van der Waals surface area contributed by atoms with E-state index in [1.807, 2.05) is 18.2 Å². The predicted molar refractivity (Wildman–Crippen MR) is 165 cm³/mol. The third-order valence-corrected chi connectivity index (χ3v) is 8.88. The summed E-state index contributed by atoms with van der Waals surface area (Å²) < 4.78 is 48.1. The summed E-state index contributed by atoms with van der Waals surface area (Å²) in [6, 6.07) is 14.5. The number of piperazine rings is 1. The summed E-state index contributed by atoms with van der Waals surface area (Å²) in [5, 5.41) is 13.6. The highest BCUT2D eigenvalue weighted by atomic mass is 19.4. The van der Waals surface area contributed by atoms with Gasteiger partial charge >= 0.3 is 6.18 Å². The topological polar surface area (TPSA) is 93.0 Å². The number of hydrogen-bond donors (Lipinski definition) is 1. The molecule has 3 saturated heterocycles. The van der Waals surface area contributed by atoms with Crippen LogP contribution in [-0.2, 0) is 11.0 Å². The van der Waals surface area contributed by atoms with Gasteiger partial charge in [-0.2, -0.15) is 23.4 Å². The molecule has 6 rings (SSSR count). The van der Waals surface area contributed by atoms with Crippen LogP contribution in [0.5, 0.6) is 5.75 Å². The average Bonchev–Trinajstić information content (AvgIpc) is 3.55. The maximum Gasteiger partial charge on any atom is 0.421 e. The molecule has 3 aliphatic heterocycles.